The van der Waals surface area contributed by atoms with Gasteiger partial charge in [0.1, 0.15) is 6.10 Å². The van der Waals surface area contributed by atoms with Crippen molar-refractivity contribution >= 4 is 53.4 Å². The second-order valence-electron chi connectivity index (χ2n) is 2.09. The van der Waals surface area contributed by atoms with Gasteiger partial charge >= 0.3 is 45.6 Å². The summed E-state index contributed by atoms with van der Waals surface area (Å²) in [4.78, 5) is 41.0. The molecule has 0 bridgehead atoms. The van der Waals surface area contributed by atoms with Gasteiger partial charge in [-0.05, 0) is 0 Å². The van der Waals surface area contributed by atoms with Gasteiger partial charge in [-0.15, -0.1) is 0 Å². The Morgan fingerprint density at radius 3 is 1.69 bits per heavy atom. The van der Waals surface area contributed by atoms with Crippen molar-refractivity contribution in [1.82, 2.24) is 0 Å². The number of aliphatic hydroxyl groups is 2. The molecule has 10 nitrogen and oxygen atoms in total. The van der Waals surface area contributed by atoms with Crippen LogP contribution in [0.3, 0.4) is 0 Å². The van der Waals surface area contributed by atoms with E-state index in [-0.39, 0.29) is 37.7 Å². The summed E-state index contributed by atoms with van der Waals surface area (Å²) in [7, 11) is -9.64. The van der Waals surface area contributed by atoms with Crippen LogP contribution in [-0.4, -0.2) is 81.9 Å². The first-order valence-electron chi connectivity index (χ1n) is 3.19. The smallest absolute Gasteiger partial charge is 0.790 e. The fourth-order valence-electron chi connectivity index (χ4n) is 0.230. The standard InChI is InChI=1S/C3H9O6P.Ca.H3O4P/c4-1-3(5)2-9-10(6,7)8;;1-5(2,3)4/h3-5H,1-2H2,(H2,6,7,8);;(H3,1,2,3,4)/q;+2;/p-2. The monoisotopic (exact) mass is 308 g/mol. The van der Waals surface area contributed by atoms with E-state index in [1.165, 1.54) is 0 Å². The molecule has 0 rings (SSSR count). The van der Waals surface area contributed by atoms with Gasteiger partial charge in [0.05, 0.1) is 21.0 Å². The van der Waals surface area contributed by atoms with E-state index in [1.807, 2.05) is 0 Å². The minimum absolute atomic E-state index is 0. The van der Waals surface area contributed by atoms with Crippen molar-refractivity contribution in [1.29, 1.82) is 0 Å². The SMILES string of the molecule is O=P(O)(O)O.O=P([O-])([O-])OCC(O)CO.[Ca+2]. The Labute approximate surface area is 120 Å². The number of rotatable bonds is 4. The fourth-order valence-corrected chi connectivity index (χ4v) is 0.585. The van der Waals surface area contributed by atoms with Gasteiger partial charge in [0.25, 0.3) is 0 Å². The summed E-state index contributed by atoms with van der Waals surface area (Å²) >= 11 is 0. The number of hydrogen-bond donors (Lipinski definition) is 5. The van der Waals surface area contributed by atoms with Crippen LogP contribution in [0.15, 0.2) is 0 Å². The van der Waals surface area contributed by atoms with E-state index in [4.69, 9.17) is 29.5 Å². The predicted molar refractivity (Wildman–Crippen MR) is 46.7 cm³/mol. The summed E-state index contributed by atoms with van der Waals surface area (Å²) in [5.74, 6) is 0. The molecule has 0 saturated carbocycles. The second kappa shape index (κ2) is 10.3. The van der Waals surface area contributed by atoms with Crippen LogP contribution in [0.2, 0.25) is 0 Å². The van der Waals surface area contributed by atoms with Crippen LogP contribution in [0.5, 0.6) is 0 Å². The van der Waals surface area contributed by atoms with Crippen LogP contribution in [0.25, 0.3) is 0 Å². The molecule has 0 heterocycles. The average molecular weight is 308 g/mol. The fraction of sp³-hybridized carbons (Fsp3) is 1.00. The number of phosphoric ester groups is 1. The van der Waals surface area contributed by atoms with E-state index in [9.17, 15) is 14.4 Å². The van der Waals surface area contributed by atoms with Crippen molar-refractivity contribution in [3.63, 3.8) is 0 Å². The third-order valence-corrected chi connectivity index (χ3v) is 1.10. The summed E-state index contributed by atoms with van der Waals surface area (Å²) < 4.78 is 22.2. The van der Waals surface area contributed by atoms with Gasteiger partial charge in [-0.1, -0.05) is 0 Å². The molecule has 0 radical (unpaired) electrons. The van der Waals surface area contributed by atoms with Gasteiger partial charge in [-0.2, -0.15) is 0 Å². The van der Waals surface area contributed by atoms with Crippen molar-refractivity contribution in [2.75, 3.05) is 13.2 Å². The van der Waals surface area contributed by atoms with Crippen molar-refractivity contribution in [3.8, 4) is 0 Å². The zero-order chi connectivity index (χ0) is 12.7. The molecular weight excluding hydrogens is 298 g/mol. The summed E-state index contributed by atoms with van der Waals surface area (Å²) in [6.45, 7) is -1.33. The summed E-state index contributed by atoms with van der Waals surface area (Å²) in [6, 6.07) is 0. The molecule has 0 aliphatic rings. The van der Waals surface area contributed by atoms with E-state index in [0.29, 0.717) is 0 Å². The Morgan fingerprint density at radius 2 is 1.50 bits per heavy atom. The minimum atomic E-state index is -5.00. The first kappa shape index (κ1) is 22.6. The molecule has 1 atom stereocenters. The molecular formula is C3H10CaO10P2. The van der Waals surface area contributed by atoms with Crippen LogP contribution in [0, 0.1) is 0 Å². The number of hydrogen-bond acceptors (Lipinski definition) is 7. The molecule has 0 aromatic heterocycles. The maximum absolute atomic E-state index is 9.71. The minimum Gasteiger partial charge on any atom is -0.790 e. The Hall–Kier alpha value is 1.40. The molecule has 0 spiro atoms. The molecule has 5 N–H and O–H groups in total. The third kappa shape index (κ3) is 36.1. The van der Waals surface area contributed by atoms with Crippen LogP contribution >= 0.6 is 15.6 Å². The first-order chi connectivity index (χ1) is 6.45. The van der Waals surface area contributed by atoms with Crippen molar-refractivity contribution in [2.45, 2.75) is 6.10 Å². The van der Waals surface area contributed by atoms with Gasteiger partial charge in [-0.25, -0.2) is 4.57 Å². The Morgan fingerprint density at radius 1 is 1.19 bits per heavy atom. The van der Waals surface area contributed by atoms with Crippen LogP contribution in [-0.2, 0) is 13.7 Å². The molecule has 0 aliphatic heterocycles. The molecule has 1 unspecified atom stereocenters. The van der Waals surface area contributed by atoms with E-state index < -0.39 is 35.0 Å². The van der Waals surface area contributed by atoms with E-state index >= 15 is 0 Å². The van der Waals surface area contributed by atoms with Gasteiger partial charge in [0.2, 0.25) is 0 Å². The number of aliphatic hydroxyl groups excluding tert-OH is 2. The quantitative estimate of drug-likeness (QED) is 0.252. The zero-order valence-electron chi connectivity index (χ0n) is 7.87. The van der Waals surface area contributed by atoms with Gasteiger partial charge in [-0.3, -0.25) is 0 Å². The first-order valence-corrected chi connectivity index (χ1v) is 6.22. The third-order valence-electron chi connectivity index (χ3n) is 0.636. The number of phosphoric acid groups is 2. The topological polar surface area (TPSA) is 191 Å². The zero-order valence-corrected chi connectivity index (χ0v) is 11.9. The van der Waals surface area contributed by atoms with Gasteiger partial charge in [0.15, 0.2) is 0 Å². The Bertz CT molecular complexity index is 236. The maximum Gasteiger partial charge on any atom is 2.00 e. The predicted octanol–water partition coefficient (Wildman–Crippen LogP) is -4.12. The maximum atomic E-state index is 9.71. The Balaban J connectivity index is -0.000000242. The van der Waals surface area contributed by atoms with Crippen molar-refractivity contribution < 1.29 is 48.3 Å². The van der Waals surface area contributed by atoms with Crippen LogP contribution in [0.1, 0.15) is 0 Å². The molecule has 16 heavy (non-hydrogen) atoms. The molecule has 13 heteroatoms. The molecule has 0 fully saturated rings. The molecule has 0 aromatic rings. The molecule has 0 amide bonds. The molecule has 0 aromatic carbocycles. The van der Waals surface area contributed by atoms with Crippen molar-refractivity contribution in [2.24, 2.45) is 0 Å². The van der Waals surface area contributed by atoms with Crippen molar-refractivity contribution in [3.05, 3.63) is 0 Å². The summed E-state index contributed by atoms with van der Waals surface area (Å²) in [6.07, 6.45) is -1.32. The van der Waals surface area contributed by atoms with E-state index in [1.54, 1.807) is 0 Å². The summed E-state index contributed by atoms with van der Waals surface area (Å²) in [5, 5.41) is 16.6. The van der Waals surface area contributed by atoms with Crippen LogP contribution < -0.4 is 9.79 Å². The normalized spacial score (nSPS) is 13.2. The largest absolute Gasteiger partial charge is 2.00 e. The molecule has 94 valence electrons. The summed E-state index contributed by atoms with van der Waals surface area (Å²) in [5.41, 5.74) is 0. The molecule has 0 saturated heterocycles. The van der Waals surface area contributed by atoms with E-state index in [2.05, 4.69) is 4.52 Å². The Kier molecular flexibility index (Phi) is 14.6. The second-order valence-corrected chi connectivity index (χ2v) is 4.27. The van der Waals surface area contributed by atoms with E-state index in [0.717, 1.165) is 0 Å². The van der Waals surface area contributed by atoms with Gasteiger partial charge < -0.3 is 43.8 Å². The molecule has 0 aliphatic carbocycles. The van der Waals surface area contributed by atoms with Crippen LogP contribution in [0.4, 0.5) is 0 Å². The van der Waals surface area contributed by atoms with Gasteiger partial charge in [0, 0.05) is 0 Å². The average Bonchev–Trinajstić information content (AvgIpc) is 1.95.